The van der Waals surface area contributed by atoms with Crippen molar-refractivity contribution in [1.82, 2.24) is 0 Å². The highest BCUT2D eigenvalue weighted by Crippen LogP contribution is 2.42. The van der Waals surface area contributed by atoms with Crippen molar-refractivity contribution >= 4 is 39.2 Å². The van der Waals surface area contributed by atoms with Crippen molar-refractivity contribution in [3.05, 3.63) is 0 Å². The lowest BCUT2D eigenvalue weighted by Crippen LogP contribution is -2.52. The van der Waals surface area contributed by atoms with Crippen molar-refractivity contribution in [2.24, 2.45) is 11.8 Å². The zero-order chi connectivity index (χ0) is 20.4. The van der Waals surface area contributed by atoms with E-state index in [4.69, 9.17) is 8.85 Å². The van der Waals surface area contributed by atoms with Crippen LogP contribution in [0.1, 0.15) is 62.3 Å². The van der Waals surface area contributed by atoms with Crippen LogP contribution in [-0.4, -0.2) is 33.3 Å². The molecule has 0 bridgehead atoms. The predicted molar refractivity (Wildman–Crippen MR) is 127 cm³/mol. The molecule has 0 amide bonds. The Morgan fingerprint density at radius 2 is 1.12 bits per heavy atom. The zero-order valence-corrected chi connectivity index (χ0v) is 23.4. The van der Waals surface area contributed by atoms with E-state index < -0.39 is 16.6 Å². The van der Waals surface area contributed by atoms with Crippen LogP contribution in [0, 0.1) is 11.8 Å². The first kappa shape index (κ1) is 26.1. The van der Waals surface area contributed by atoms with Gasteiger partial charge in [0.05, 0.1) is 12.2 Å². The van der Waals surface area contributed by atoms with Gasteiger partial charge in [-0.25, -0.2) is 0 Å². The highest BCUT2D eigenvalue weighted by Gasteiger charge is 2.44. The molecular weight excluding hydrogens is 455 g/mol. The molecular formula is C20H45IO2Si2. The molecule has 0 aromatic heterocycles. The summed E-state index contributed by atoms with van der Waals surface area (Å²) < 4.78 is 14.7. The van der Waals surface area contributed by atoms with Crippen LogP contribution in [0.2, 0.25) is 36.3 Å². The quantitative estimate of drug-likeness (QED) is 0.195. The van der Waals surface area contributed by atoms with Gasteiger partial charge in [0.2, 0.25) is 0 Å². The van der Waals surface area contributed by atoms with Crippen LogP contribution in [-0.2, 0) is 8.85 Å². The summed E-state index contributed by atoms with van der Waals surface area (Å²) in [5.74, 6) is 0.901. The highest BCUT2D eigenvalue weighted by atomic mass is 127. The van der Waals surface area contributed by atoms with E-state index in [1.165, 1.54) is 0 Å². The molecule has 0 heterocycles. The van der Waals surface area contributed by atoms with Gasteiger partial charge in [0.15, 0.2) is 16.6 Å². The first-order chi connectivity index (χ1) is 10.9. The van der Waals surface area contributed by atoms with Gasteiger partial charge in [-0.3, -0.25) is 0 Å². The Hall–Kier alpha value is 1.08. The second-order valence-electron chi connectivity index (χ2n) is 11.0. The molecule has 0 aliphatic heterocycles. The molecule has 0 rings (SSSR count). The van der Waals surface area contributed by atoms with Crippen LogP contribution in [0.3, 0.4) is 0 Å². The van der Waals surface area contributed by atoms with E-state index in [2.05, 4.69) is 111 Å². The highest BCUT2D eigenvalue weighted by molar-refractivity contribution is 14.1. The minimum absolute atomic E-state index is 0.236. The minimum Gasteiger partial charge on any atom is -0.413 e. The van der Waals surface area contributed by atoms with Gasteiger partial charge in [0, 0.05) is 10.3 Å². The van der Waals surface area contributed by atoms with E-state index in [0.29, 0.717) is 11.8 Å². The van der Waals surface area contributed by atoms with Crippen LogP contribution < -0.4 is 0 Å². The maximum atomic E-state index is 6.88. The lowest BCUT2D eigenvalue weighted by Gasteiger charge is -2.46. The maximum Gasteiger partial charge on any atom is 0.192 e. The smallest absolute Gasteiger partial charge is 0.192 e. The normalized spacial score (nSPS) is 18.4. The Morgan fingerprint density at radius 1 is 0.760 bits per heavy atom. The predicted octanol–water partition coefficient (Wildman–Crippen LogP) is 7.49. The van der Waals surface area contributed by atoms with E-state index >= 15 is 0 Å². The van der Waals surface area contributed by atoms with Gasteiger partial charge in [-0.1, -0.05) is 84.9 Å². The fourth-order valence-electron chi connectivity index (χ4n) is 2.41. The maximum absolute atomic E-state index is 6.88. The number of rotatable bonds is 8. The van der Waals surface area contributed by atoms with Crippen LogP contribution in [0.4, 0.5) is 0 Å². The number of hydrogen-bond acceptors (Lipinski definition) is 2. The van der Waals surface area contributed by atoms with Crippen molar-refractivity contribution in [3.8, 4) is 0 Å². The molecule has 0 fully saturated rings. The summed E-state index contributed by atoms with van der Waals surface area (Å²) in [5, 5.41) is 0.477. The van der Waals surface area contributed by atoms with E-state index in [1.807, 2.05) is 0 Å². The summed E-state index contributed by atoms with van der Waals surface area (Å²) in [5.41, 5.74) is 0. The third kappa shape index (κ3) is 7.20. The van der Waals surface area contributed by atoms with E-state index in [9.17, 15) is 0 Å². The molecule has 0 saturated heterocycles. The molecule has 3 atom stereocenters. The van der Waals surface area contributed by atoms with Gasteiger partial charge in [0.25, 0.3) is 0 Å². The Kier molecular flexibility index (Phi) is 9.45. The number of halogens is 1. The molecule has 152 valence electrons. The van der Waals surface area contributed by atoms with Crippen molar-refractivity contribution in [2.45, 2.75) is 111 Å². The van der Waals surface area contributed by atoms with Crippen LogP contribution >= 0.6 is 22.6 Å². The van der Waals surface area contributed by atoms with Gasteiger partial charge in [-0.05, 0) is 42.2 Å². The monoisotopic (exact) mass is 500 g/mol. The fraction of sp³-hybridized carbons (Fsp3) is 1.00. The number of hydrogen-bond donors (Lipinski definition) is 0. The Labute approximate surface area is 174 Å². The standard InChI is InChI=1S/C20H45IO2Si2/c1-15(2)18(23-25(12,13)20(7,8)9)16(3)17(14-21)22-24(10,11)19(4,5)6/h15-18H,14H2,1-13H3/t16-,17+,18+/m0/s1. The fourth-order valence-corrected chi connectivity index (χ4v) is 6.66. The molecule has 0 aliphatic rings. The average Bonchev–Trinajstić information content (AvgIpc) is 2.38. The van der Waals surface area contributed by atoms with Crippen LogP contribution in [0.25, 0.3) is 0 Å². The molecule has 2 nitrogen and oxygen atoms in total. The van der Waals surface area contributed by atoms with E-state index in [-0.39, 0.29) is 22.3 Å². The molecule has 0 spiro atoms. The van der Waals surface area contributed by atoms with E-state index in [1.54, 1.807) is 0 Å². The van der Waals surface area contributed by atoms with Crippen LogP contribution in [0.5, 0.6) is 0 Å². The second kappa shape index (κ2) is 9.06. The Balaban J connectivity index is 5.47. The zero-order valence-electron chi connectivity index (χ0n) is 19.2. The van der Waals surface area contributed by atoms with Crippen molar-refractivity contribution in [3.63, 3.8) is 0 Å². The third-order valence-electron chi connectivity index (χ3n) is 6.40. The molecule has 0 aromatic rings. The molecule has 0 aromatic carbocycles. The van der Waals surface area contributed by atoms with Gasteiger partial charge >= 0.3 is 0 Å². The van der Waals surface area contributed by atoms with Crippen LogP contribution in [0.15, 0.2) is 0 Å². The van der Waals surface area contributed by atoms with Crippen molar-refractivity contribution < 1.29 is 8.85 Å². The Bertz CT molecular complexity index is 409. The lowest BCUT2D eigenvalue weighted by atomic mass is 9.91. The second-order valence-corrected chi connectivity index (χ2v) is 21.4. The average molecular weight is 501 g/mol. The van der Waals surface area contributed by atoms with Crippen molar-refractivity contribution in [1.29, 1.82) is 0 Å². The molecule has 25 heavy (non-hydrogen) atoms. The summed E-state index contributed by atoms with van der Waals surface area (Å²) in [6.45, 7) is 30.3. The molecule has 0 N–H and O–H groups in total. The largest absolute Gasteiger partial charge is 0.413 e. The lowest BCUT2D eigenvalue weighted by molar-refractivity contribution is 0.0216. The SMILES string of the molecule is CC(C)[C@@H](O[Si](C)(C)C(C)(C)C)[C@@H](C)[C@@H](CI)O[Si](C)(C)C(C)(C)C. The van der Waals surface area contributed by atoms with Gasteiger partial charge in [-0.2, -0.15) is 0 Å². The summed E-state index contributed by atoms with van der Waals surface area (Å²) in [6.07, 6.45) is 0.518. The first-order valence-corrected chi connectivity index (χ1v) is 17.1. The van der Waals surface area contributed by atoms with Gasteiger partial charge in [-0.15, -0.1) is 0 Å². The first-order valence-electron chi connectivity index (χ1n) is 9.79. The van der Waals surface area contributed by atoms with E-state index in [0.717, 1.165) is 4.43 Å². The minimum atomic E-state index is -1.79. The molecule has 0 aliphatic carbocycles. The third-order valence-corrected chi connectivity index (χ3v) is 16.2. The summed E-state index contributed by atoms with van der Waals surface area (Å²) in [4.78, 5) is 0. The summed E-state index contributed by atoms with van der Waals surface area (Å²) in [7, 11) is -3.57. The van der Waals surface area contributed by atoms with Gasteiger partial charge in [0.1, 0.15) is 0 Å². The Morgan fingerprint density at radius 3 is 1.40 bits per heavy atom. The van der Waals surface area contributed by atoms with Gasteiger partial charge < -0.3 is 8.85 Å². The summed E-state index contributed by atoms with van der Waals surface area (Å²) in [6, 6.07) is 0. The molecule has 5 heteroatoms. The summed E-state index contributed by atoms with van der Waals surface area (Å²) >= 11 is 2.50. The molecule has 0 unspecified atom stereocenters. The molecule has 0 saturated carbocycles. The van der Waals surface area contributed by atoms with Crippen molar-refractivity contribution in [2.75, 3.05) is 4.43 Å². The number of alkyl halides is 1. The molecule has 0 radical (unpaired) electrons. The topological polar surface area (TPSA) is 18.5 Å².